The third-order valence-electron chi connectivity index (χ3n) is 2.74. The molecular formula is C9H18N2O4S. The number of carbonyl (C=O) groups is 1. The highest BCUT2D eigenvalue weighted by atomic mass is 32.2. The van der Waals surface area contributed by atoms with Gasteiger partial charge in [0.05, 0.1) is 5.92 Å². The van der Waals surface area contributed by atoms with Crippen LogP contribution in [0.3, 0.4) is 0 Å². The molecule has 0 saturated carbocycles. The minimum atomic E-state index is -3.46. The maximum absolute atomic E-state index is 11.9. The van der Waals surface area contributed by atoms with Crippen LogP contribution in [0.2, 0.25) is 0 Å². The van der Waals surface area contributed by atoms with Crippen molar-refractivity contribution in [2.75, 3.05) is 26.7 Å². The van der Waals surface area contributed by atoms with Crippen LogP contribution < -0.4 is 0 Å². The molecule has 1 aliphatic heterocycles. The molecule has 0 aliphatic carbocycles. The Balaban J connectivity index is 2.64. The van der Waals surface area contributed by atoms with Gasteiger partial charge in [-0.1, -0.05) is 6.92 Å². The highest BCUT2D eigenvalue weighted by molar-refractivity contribution is 7.86. The summed E-state index contributed by atoms with van der Waals surface area (Å²) in [6, 6.07) is 0. The predicted molar refractivity (Wildman–Crippen MR) is 59.2 cm³/mol. The van der Waals surface area contributed by atoms with E-state index in [4.69, 9.17) is 5.11 Å². The van der Waals surface area contributed by atoms with Gasteiger partial charge in [0.15, 0.2) is 0 Å². The van der Waals surface area contributed by atoms with Crippen molar-refractivity contribution in [2.24, 2.45) is 5.92 Å². The average molecular weight is 250 g/mol. The molecule has 1 unspecified atom stereocenters. The van der Waals surface area contributed by atoms with Gasteiger partial charge in [-0.2, -0.15) is 17.0 Å². The summed E-state index contributed by atoms with van der Waals surface area (Å²) in [4.78, 5) is 10.6. The Morgan fingerprint density at radius 1 is 1.44 bits per heavy atom. The Bertz CT molecular complexity index is 349. The molecule has 1 N–H and O–H groups in total. The molecule has 0 aromatic heterocycles. The van der Waals surface area contributed by atoms with Crippen molar-refractivity contribution >= 4 is 16.2 Å². The van der Waals surface area contributed by atoms with Crippen LogP contribution in [0.1, 0.15) is 19.8 Å². The van der Waals surface area contributed by atoms with Gasteiger partial charge >= 0.3 is 5.97 Å². The third-order valence-corrected chi connectivity index (χ3v) is 4.69. The molecule has 94 valence electrons. The van der Waals surface area contributed by atoms with Crippen molar-refractivity contribution in [1.29, 1.82) is 0 Å². The van der Waals surface area contributed by atoms with Crippen molar-refractivity contribution in [2.45, 2.75) is 19.8 Å². The molecule has 16 heavy (non-hydrogen) atoms. The van der Waals surface area contributed by atoms with Crippen molar-refractivity contribution in [3.8, 4) is 0 Å². The van der Waals surface area contributed by atoms with E-state index in [1.807, 2.05) is 0 Å². The maximum atomic E-state index is 11.9. The van der Waals surface area contributed by atoms with E-state index in [0.29, 0.717) is 13.1 Å². The van der Waals surface area contributed by atoms with Crippen LogP contribution in [-0.4, -0.2) is 54.8 Å². The van der Waals surface area contributed by atoms with E-state index in [1.165, 1.54) is 18.3 Å². The largest absolute Gasteiger partial charge is 0.481 e. The van der Waals surface area contributed by atoms with Crippen LogP contribution in [0, 0.1) is 5.92 Å². The van der Waals surface area contributed by atoms with Crippen LogP contribution in [0.4, 0.5) is 0 Å². The number of carboxylic acids is 1. The fourth-order valence-corrected chi connectivity index (χ4v) is 3.20. The summed E-state index contributed by atoms with van der Waals surface area (Å²) in [5, 5.41) is 8.73. The Morgan fingerprint density at radius 3 is 2.38 bits per heavy atom. The lowest BCUT2D eigenvalue weighted by molar-refractivity contribution is -0.141. The van der Waals surface area contributed by atoms with E-state index in [9.17, 15) is 13.2 Å². The zero-order valence-electron chi connectivity index (χ0n) is 9.59. The third kappa shape index (κ3) is 2.93. The van der Waals surface area contributed by atoms with Gasteiger partial charge in [0, 0.05) is 26.7 Å². The van der Waals surface area contributed by atoms with Gasteiger partial charge in [0.2, 0.25) is 0 Å². The first-order valence-electron chi connectivity index (χ1n) is 5.30. The Labute approximate surface area is 96.0 Å². The van der Waals surface area contributed by atoms with Crippen LogP contribution in [0.25, 0.3) is 0 Å². The van der Waals surface area contributed by atoms with Gasteiger partial charge in [-0.15, -0.1) is 0 Å². The van der Waals surface area contributed by atoms with Crippen molar-refractivity contribution in [3.05, 3.63) is 0 Å². The number of carboxylic acid groups (broad SMARTS) is 1. The van der Waals surface area contributed by atoms with Gasteiger partial charge in [0.25, 0.3) is 10.2 Å². The standard InChI is InChI=1S/C9H18N2O4S/c1-8(9(12)13)7-10(2)16(14,15)11-5-3-4-6-11/h8H,3-7H2,1-2H3,(H,12,13). The first-order valence-corrected chi connectivity index (χ1v) is 6.69. The quantitative estimate of drug-likeness (QED) is 0.744. The van der Waals surface area contributed by atoms with Crippen molar-refractivity contribution < 1.29 is 18.3 Å². The molecule has 0 bridgehead atoms. The SMILES string of the molecule is CC(CN(C)S(=O)(=O)N1CCCC1)C(=O)O. The molecule has 0 radical (unpaired) electrons. The molecule has 0 aromatic rings. The average Bonchev–Trinajstić information content (AvgIpc) is 2.70. The molecule has 1 rings (SSSR count). The second kappa shape index (κ2) is 5.11. The highest BCUT2D eigenvalue weighted by Gasteiger charge is 2.30. The smallest absolute Gasteiger partial charge is 0.307 e. The molecule has 7 heteroatoms. The minimum Gasteiger partial charge on any atom is -0.481 e. The molecule has 1 saturated heterocycles. The lowest BCUT2D eigenvalue weighted by Crippen LogP contribution is -2.42. The molecule has 1 aliphatic rings. The monoisotopic (exact) mass is 250 g/mol. The van der Waals surface area contributed by atoms with Crippen LogP contribution in [0.5, 0.6) is 0 Å². The first kappa shape index (κ1) is 13.4. The number of hydrogen-bond donors (Lipinski definition) is 1. The van der Waals surface area contributed by atoms with E-state index >= 15 is 0 Å². The summed E-state index contributed by atoms with van der Waals surface area (Å²) in [6.07, 6.45) is 1.75. The molecule has 0 aromatic carbocycles. The van der Waals surface area contributed by atoms with Crippen LogP contribution >= 0.6 is 0 Å². The van der Waals surface area contributed by atoms with Crippen LogP contribution in [-0.2, 0) is 15.0 Å². The van der Waals surface area contributed by atoms with E-state index < -0.39 is 22.1 Å². The zero-order chi connectivity index (χ0) is 12.3. The van der Waals surface area contributed by atoms with Gasteiger partial charge in [-0.25, -0.2) is 0 Å². The number of aliphatic carboxylic acids is 1. The summed E-state index contributed by atoms with van der Waals surface area (Å²) in [6.45, 7) is 2.58. The summed E-state index contributed by atoms with van der Waals surface area (Å²) in [5.74, 6) is -1.68. The normalized spacial score (nSPS) is 20.2. The Kier molecular flexibility index (Phi) is 4.28. The van der Waals surface area contributed by atoms with E-state index in [2.05, 4.69) is 0 Å². The fraction of sp³-hybridized carbons (Fsp3) is 0.889. The minimum absolute atomic E-state index is 0.00810. The van der Waals surface area contributed by atoms with E-state index in [1.54, 1.807) is 0 Å². The number of nitrogens with zero attached hydrogens (tertiary/aromatic N) is 2. The first-order chi connectivity index (χ1) is 7.35. The van der Waals surface area contributed by atoms with Gasteiger partial charge in [-0.3, -0.25) is 4.79 Å². The molecule has 0 amide bonds. The number of rotatable bonds is 5. The highest BCUT2D eigenvalue weighted by Crippen LogP contribution is 2.16. The molecule has 1 fully saturated rings. The fourth-order valence-electron chi connectivity index (χ4n) is 1.67. The lowest BCUT2D eigenvalue weighted by atomic mass is 10.2. The molecule has 6 nitrogen and oxygen atoms in total. The Hall–Kier alpha value is -0.660. The van der Waals surface area contributed by atoms with Crippen molar-refractivity contribution in [3.63, 3.8) is 0 Å². The van der Waals surface area contributed by atoms with Crippen molar-refractivity contribution in [1.82, 2.24) is 8.61 Å². The molecular weight excluding hydrogens is 232 g/mol. The molecule has 0 spiro atoms. The summed E-state index contributed by atoms with van der Waals surface area (Å²) >= 11 is 0. The lowest BCUT2D eigenvalue weighted by Gasteiger charge is -2.24. The second-order valence-electron chi connectivity index (χ2n) is 4.13. The second-order valence-corrected chi connectivity index (χ2v) is 6.17. The summed E-state index contributed by atoms with van der Waals surface area (Å²) in [5.41, 5.74) is 0. The molecule has 1 atom stereocenters. The number of hydrogen-bond acceptors (Lipinski definition) is 3. The Morgan fingerprint density at radius 2 is 1.94 bits per heavy atom. The van der Waals surface area contributed by atoms with E-state index in [0.717, 1.165) is 17.1 Å². The van der Waals surface area contributed by atoms with Gasteiger partial charge in [0.1, 0.15) is 0 Å². The predicted octanol–water partition coefficient (Wildman–Crippen LogP) is -0.0205. The topological polar surface area (TPSA) is 77.9 Å². The summed E-state index contributed by atoms with van der Waals surface area (Å²) in [7, 11) is -2.04. The van der Waals surface area contributed by atoms with E-state index in [-0.39, 0.29) is 6.54 Å². The van der Waals surface area contributed by atoms with Gasteiger partial charge in [-0.05, 0) is 12.8 Å². The molecule has 1 heterocycles. The zero-order valence-corrected chi connectivity index (χ0v) is 10.4. The summed E-state index contributed by atoms with van der Waals surface area (Å²) < 4.78 is 26.4. The maximum Gasteiger partial charge on any atom is 0.307 e. The van der Waals surface area contributed by atoms with Gasteiger partial charge < -0.3 is 5.11 Å². The van der Waals surface area contributed by atoms with Crippen LogP contribution in [0.15, 0.2) is 0 Å².